The summed E-state index contributed by atoms with van der Waals surface area (Å²) in [5, 5.41) is 36.3. The van der Waals surface area contributed by atoms with Crippen LogP contribution in [0.15, 0.2) is 0 Å². The number of hydrogen-bond acceptors (Lipinski definition) is 16. The number of carboxylic acid groups (broad SMARTS) is 1. The van der Waals surface area contributed by atoms with Gasteiger partial charge in [0.15, 0.2) is 0 Å². The van der Waals surface area contributed by atoms with Gasteiger partial charge in [-0.3, -0.25) is 62.3 Å². The van der Waals surface area contributed by atoms with Crippen LogP contribution in [0.3, 0.4) is 0 Å². The second-order valence-corrected chi connectivity index (χ2v) is 20.8. The van der Waals surface area contributed by atoms with Gasteiger partial charge < -0.3 is 80.8 Å². The lowest BCUT2D eigenvalue weighted by molar-refractivity contribution is -0.138. The Morgan fingerprint density at radius 2 is 0.974 bits per heavy atom. The first-order valence-corrected chi connectivity index (χ1v) is 27.6. The second-order valence-electron chi connectivity index (χ2n) is 19.8. The molecule has 444 valence electrons. The van der Waals surface area contributed by atoms with Crippen molar-refractivity contribution in [1.82, 2.24) is 58.5 Å². The van der Waals surface area contributed by atoms with Gasteiger partial charge in [-0.05, 0) is 81.3 Å². The number of carboxylic acids is 1. The van der Waals surface area contributed by atoms with Crippen LogP contribution in [0.1, 0.15) is 114 Å². The van der Waals surface area contributed by atoms with Crippen LogP contribution in [0.5, 0.6) is 0 Å². The highest BCUT2D eigenvalue weighted by Gasteiger charge is 2.35. The first-order valence-electron chi connectivity index (χ1n) is 26.2. The van der Waals surface area contributed by atoms with Crippen LogP contribution in [0, 0.1) is 23.7 Å². The maximum atomic E-state index is 13.9. The third-order valence-corrected chi connectivity index (χ3v) is 12.9. The minimum absolute atomic E-state index is 0.117. The van der Waals surface area contributed by atoms with Gasteiger partial charge in [0.05, 0.1) is 32.1 Å². The minimum atomic E-state index is -1.31. The summed E-state index contributed by atoms with van der Waals surface area (Å²) in [5.74, 6) is -11.6. The lowest BCUT2D eigenvalue weighted by atomic mass is 9.94. The number of hydrogen-bond donors (Lipinski definition) is 15. The van der Waals surface area contributed by atoms with Gasteiger partial charge in [0.1, 0.15) is 48.8 Å². The molecule has 0 aromatic carbocycles. The number of carbonyl (C=O) groups is 13. The van der Waals surface area contributed by atoms with Crippen molar-refractivity contribution in [2.24, 2.45) is 40.9 Å². The normalized spacial score (nSPS) is 14.9. The van der Waals surface area contributed by atoms with Crippen molar-refractivity contribution in [3.05, 3.63) is 0 Å². The Kier molecular flexibility index (Phi) is 34.8. The van der Waals surface area contributed by atoms with Gasteiger partial charge in [0, 0.05) is 0 Å². The number of carbonyl (C=O) groups excluding carboxylic acids is 12. The van der Waals surface area contributed by atoms with E-state index < -0.39 is 176 Å². The average Bonchev–Trinajstić information content (AvgIpc) is 3.37. The summed E-state index contributed by atoms with van der Waals surface area (Å²) in [5.41, 5.74) is 16.4. The Balaban J connectivity index is 5.95. The Bertz CT molecular complexity index is 2050. The third kappa shape index (κ3) is 28.7. The molecule has 0 fully saturated rings. The minimum Gasteiger partial charge on any atom is -0.480 e. The number of thioether (sulfide) groups is 1. The molecule has 0 aliphatic carbocycles. The van der Waals surface area contributed by atoms with Crippen LogP contribution < -0.4 is 75.7 Å². The lowest BCUT2D eigenvalue weighted by Crippen LogP contribution is -2.60. The smallest absolute Gasteiger partial charge is 0.322 e. The van der Waals surface area contributed by atoms with Gasteiger partial charge in [0.2, 0.25) is 70.9 Å². The zero-order valence-electron chi connectivity index (χ0n) is 46.7. The number of nitrogens with two attached hydrogens (primary N) is 3. The Hall–Kier alpha value is -6.62. The van der Waals surface area contributed by atoms with Crippen molar-refractivity contribution in [3.63, 3.8) is 0 Å². The molecule has 0 saturated heterocycles. The Labute approximate surface area is 460 Å². The molecule has 0 aliphatic heterocycles. The number of nitrogens with one attached hydrogen (secondary N) is 11. The summed E-state index contributed by atoms with van der Waals surface area (Å²) in [7, 11) is 0. The van der Waals surface area contributed by atoms with Gasteiger partial charge in [0.25, 0.3) is 0 Å². The largest absolute Gasteiger partial charge is 0.480 e. The zero-order valence-corrected chi connectivity index (χ0v) is 47.5. The number of amides is 12. The molecule has 0 unspecified atom stereocenters. The Morgan fingerprint density at radius 3 is 1.49 bits per heavy atom. The first kappa shape index (κ1) is 71.4. The van der Waals surface area contributed by atoms with Gasteiger partial charge in [-0.1, -0.05) is 68.2 Å². The molecule has 18 N–H and O–H groups in total. The first-order chi connectivity index (χ1) is 36.5. The number of aliphatic carboxylic acids is 1. The molecule has 0 aromatic rings. The summed E-state index contributed by atoms with van der Waals surface area (Å²) in [6.45, 7) is 13.1. The van der Waals surface area contributed by atoms with Gasteiger partial charge in [-0.15, -0.1) is 0 Å². The summed E-state index contributed by atoms with van der Waals surface area (Å²) in [6, 6.07) is -9.60. The fourth-order valence-electron chi connectivity index (χ4n) is 7.23. The van der Waals surface area contributed by atoms with Gasteiger partial charge >= 0.3 is 5.97 Å². The molecule has 0 spiro atoms. The van der Waals surface area contributed by atoms with Crippen molar-refractivity contribution < 1.29 is 67.4 Å². The van der Waals surface area contributed by atoms with E-state index in [4.69, 9.17) is 22.3 Å². The average molecular weight is 1130 g/mol. The maximum absolute atomic E-state index is 13.9. The topological polar surface area (TPSA) is 453 Å². The summed E-state index contributed by atoms with van der Waals surface area (Å²) < 4.78 is 0. The van der Waals surface area contributed by atoms with Crippen LogP contribution in [0.2, 0.25) is 0 Å². The van der Waals surface area contributed by atoms with Crippen molar-refractivity contribution in [1.29, 1.82) is 0 Å². The van der Waals surface area contributed by atoms with Gasteiger partial charge in [-0.2, -0.15) is 11.8 Å². The molecule has 0 heterocycles. The van der Waals surface area contributed by atoms with Crippen LogP contribution >= 0.6 is 11.8 Å². The summed E-state index contributed by atoms with van der Waals surface area (Å²) >= 11 is 1.39. The second kappa shape index (κ2) is 38.0. The number of primary amides is 1. The van der Waals surface area contributed by atoms with Crippen LogP contribution in [-0.2, 0) is 62.3 Å². The molecule has 0 aromatic heterocycles. The van der Waals surface area contributed by atoms with Crippen molar-refractivity contribution in [3.8, 4) is 0 Å². The van der Waals surface area contributed by atoms with Crippen LogP contribution in [0.4, 0.5) is 0 Å². The molecule has 10 atom stereocenters. The van der Waals surface area contributed by atoms with E-state index >= 15 is 0 Å². The molecule has 0 saturated carbocycles. The van der Waals surface area contributed by atoms with Crippen molar-refractivity contribution in [2.75, 3.05) is 44.7 Å². The molecular formula is C49H88N14O14S. The highest BCUT2D eigenvalue weighted by atomic mass is 32.2. The third-order valence-electron chi connectivity index (χ3n) is 12.3. The fraction of sp³-hybridized carbons (Fsp3) is 0.735. The van der Waals surface area contributed by atoms with Crippen molar-refractivity contribution in [2.45, 2.75) is 162 Å². The molecule has 29 heteroatoms. The van der Waals surface area contributed by atoms with E-state index in [9.17, 15) is 62.3 Å². The molecule has 78 heavy (non-hydrogen) atoms. The number of rotatable bonds is 39. The van der Waals surface area contributed by atoms with Crippen LogP contribution in [0.25, 0.3) is 0 Å². The summed E-state index contributed by atoms with van der Waals surface area (Å²) in [6.07, 6.45) is 3.46. The van der Waals surface area contributed by atoms with E-state index in [1.165, 1.54) is 18.7 Å². The van der Waals surface area contributed by atoms with Crippen LogP contribution in [-0.4, -0.2) is 175 Å². The fourth-order valence-corrected chi connectivity index (χ4v) is 7.70. The van der Waals surface area contributed by atoms with E-state index in [1.807, 2.05) is 0 Å². The standard InChI is InChI=1S/C49H88N14O14S/c1-11-27(7)40(63-49(77)41(28(8)12-2)62-42(70)29(9)57-36(66)22-54-44(72)31(15-13-14-17-50)59-43(71)30(51)20-34(52)64)48(76)56-23-37(67)58-33(19-25(3)4)46(74)60-32(16-18-78-10)45(73)61-39(26(5)6)47(75)55-21-35(65)53-24-38(68)69/h25-33,39-41H,11-24,50-51H2,1-10H3,(H2,52,64)(H,53,65)(H,54,72)(H,55,75)(H,56,76)(H,57,66)(H,58,67)(H,59,71)(H,60,74)(H,61,73)(H,62,70)(H,63,77)(H,68,69)/t27-,28-,29-,30-,31-,32-,33-,39-,40-,41-/m0/s1. The predicted octanol–water partition coefficient (Wildman–Crippen LogP) is -4.17. The molecule has 0 aliphatic rings. The maximum Gasteiger partial charge on any atom is 0.322 e. The number of unbranched alkanes of at least 4 members (excludes halogenated alkanes) is 1. The lowest BCUT2D eigenvalue weighted by Gasteiger charge is -2.29. The van der Waals surface area contributed by atoms with E-state index in [2.05, 4.69) is 58.5 Å². The quantitative estimate of drug-likeness (QED) is 0.0260. The Morgan fingerprint density at radius 1 is 0.500 bits per heavy atom. The molecular weight excluding hydrogens is 1040 g/mol. The highest BCUT2D eigenvalue weighted by Crippen LogP contribution is 2.14. The molecule has 28 nitrogen and oxygen atoms in total. The SMILES string of the molecule is CC[C@H](C)[C@H](NC(=O)[C@H](C)NC(=O)CNC(=O)[C@H](CCCCN)NC(=O)[C@@H](N)CC(N)=O)C(=O)N[C@H](C(=O)NCC(=O)N[C@@H](CC(C)C)C(=O)N[C@@H](CCSC)C(=O)N[C@H](C(=O)NCC(=O)NCC(=O)O)C(C)C)[C@@H](C)CC. The molecule has 12 amide bonds. The molecule has 0 rings (SSSR count). The zero-order chi connectivity index (χ0) is 59.8. The monoisotopic (exact) mass is 1130 g/mol. The van der Waals surface area contributed by atoms with Crippen molar-refractivity contribution >= 4 is 88.6 Å². The van der Waals surface area contributed by atoms with E-state index in [0.717, 1.165) is 0 Å². The summed E-state index contributed by atoms with van der Waals surface area (Å²) in [4.78, 5) is 168. The van der Waals surface area contributed by atoms with E-state index in [0.29, 0.717) is 38.0 Å². The highest BCUT2D eigenvalue weighted by molar-refractivity contribution is 7.98. The van der Waals surface area contributed by atoms with E-state index in [-0.39, 0.29) is 25.2 Å². The van der Waals surface area contributed by atoms with Gasteiger partial charge in [-0.25, -0.2) is 0 Å². The molecule has 0 radical (unpaired) electrons. The predicted molar refractivity (Wildman–Crippen MR) is 290 cm³/mol. The molecule has 0 bridgehead atoms. The van der Waals surface area contributed by atoms with E-state index in [1.54, 1.807) is 61.6 Å².